The molecule has 0 aliphatic carbocycles. The molecule has 0 aromatic heterocycles. The highest BCUT2D eigenvalue weighted by Crippen LogP contribution is 2.26. The first-order valence-corrected chi connectivity index (χ1v) is 8.32. The zero-order valence-electron chi connectivity index (χ0n) is 10.2. The molecule has 1 rings (SSSR count). The fourth-order valence-electron chi connectivity index (χ4n) is 1.60. The molecule has 0 N–H and O–H groups in total. The molecule has 1 aliphatic rings. The van der Waals surface area contributed by atoms with Crippen LogP contribution >= 0.6 is 11.8 Å². The largest absolute Gasteiger partial charge is 0.324 e. The number of rotatable bonds is 1. The Morgan fingerprint density at radius 1 is 1.38 bits per heavy atom. The Kier molecular flexibility index (Phi) is 3.95. The fraction of sp³-hybridized carbons (Fsp3) is 0.900. The summed E-state index contributed by atoms with van der Waals surface area (Å²) < 4.78 is 23.2. The molecule has 0 saturated carbocycles. The van der Waals surface area contributed by atoms with E-state index in [1.54, 1.807) is 11.8 Å². The lowest BCUT2D eigenvalue weighted by molar-refractivity contribution is -0.139. The predicted octanol–water partition coefficient (Wildman–Crippen LogP) is 0.979. The summed E-state index contributed by atoms with van der Waals surface area (Å²) in [5, 5.41) is -0.655. The molecule has 6 heteroatoms. The SMILES string of the molecule is CC(C)(C)C(=O)N1CCSCC1S(C)(=O)=O. The Labute approximate surface area is 102 Å². The Balaban J connectivity index is 2.96. The second-order valence-corrected chi connectivity index (χ2v) is 8.46. The topological polar surface area (TPSA) is 54.5 Å². The standard InChI is InChI=1S/C10H19NO3S2/c1-10(2,3)9(12)11-5-6-15-7-8(11)16(4,13)14/h8H,5-7H2,1-4H3. The van der Waals surface area contributed by atoms with E-state index in [1.165, 1.54) is 11.2 Å². The molecule has 94 valence electrons. The molecule has 1 amide bonds. The minimum atomic E-state index is -3.20. The van der Waals surface area contributed by atoms with Gasteiger partial charge < -0.3 is 4.90 Å². The molecule has 0 aromatic rings. The Morgan fingerprint density at radius 2 is 1.94 bits per heavy atom. The lowest BCUT2D eigenvalue weighted by atomic mass is 9.95. The molecule has 1 heterocycles. The first-order chi connectivity index (χ1) is 7.14. The summed E-state index contributed by atoms with van der Waals surface area (Å²) in [4.78, 5) is 13.6. The molecule has 16 heavy (non-hydrogen) atoms. The number of thioether (sulfide) groups is 1. The predicted molar refractivity (Wildman–Crippen MR) is 67.1 cm³/mol. The summed E-state index contributed by atoms with van der Waals surface area (Å²) >= 11 is 1.59. The van der Waals surface area contributed by atoms with Crippen molar-refractivity contribution in [2.45, 2.75) is 26.1 Å². The molecule has 4 nitrogen and oxygen atoms in total. The lowest BCUT2D eigenvalue weighted by Gasteiger charge is -2.37. The highest BCUT2D eigenvalue weighted by molar-refractivity contribution is 8.00. The van der Waals surface area contributed by atoms with Gasteiger partial charge in [0.25, 0.3) is 0 Å². The number of nitrogens with zero attached hydrogens (tertiary/aromatic N) is 1. The van der Waals surface area contributed by atoms with Crippen LogP contribution in [-0.2, 0) is 14.6 Å². The van der Waals surface area contributed by atoms with Gasteiger partial charge in [-0.3, -0.25) is 4.79 Å². The van der Waals surface area contributed by atoms with E-state index < -0.39 is 20.6 Å². The third-order valence-electron chi connectivity index (χ3n) is 2.48. The normalized spacial score (nSPS) is 23.2. The highest BCUT2D eigenvalue weighted by Gasteiger charge is 2.38. The lowest BCUT2D eigenvalue weighted by Crippen LogP contribution is -2.53. The van der Waals surface area contributed by atoms with Crippen molar-refractivity contribution >= 4 is 27.5 Å². The Bertz CT molecular complexity index is 370. The molecule has 0 spiro atoms. The minimum absolute atomic E-state index is 0.0803. The summed E-state index contributed by atoms with van der Waals surface area (Å²) in [6, 6.07) is 0. The maximum absolute atomic E-state index is 12.1. The van der Waals surface area contributed by atoms with Crippen molar-refractivity contribution < 1.29 is 13.2 Å². The smallest absolute Gasteiger partial charge is 0.229 e. The van der Waals surface area contributed by atoms with Crippen LogP contribution in [0, 0.1) is 5.41 Å². The summed E-state index contributed by atoms with van der Waals surface area (Å²) in [5.74, 6) is 1.22. The molecule has 1 aliphatic heterocycles. The quantitative estimate of drug-likeness (QED) is 0.709. The van der Waals surface area contributed by atoms with Gasteiger partial charge in [-0.05, 0) is 0 Å². The van der Waals surface area contributed by atoms with Crippen molar-refractivity contribution in [3.8, 4) is 0 Å². The Morgan fingerprint density at radius 3 is 2.38 bits per heavy atom. The maximum Gasteiger partial charge on any atom is 0.229 e. The second kappa shape index (κ2) is 4.56. The van der Waals surface area contributed by atoms with Crippen molar-refractivity contribution in [2.24, 2.45) is 5.41 Å². The maximum atomic E-state index is 12.1. The molecule has 0 bridgehead atoms. The molecule has 0 radical (unpaired) electrons. The van der Waals surface area contributed by atoms with E-state index in [-0.39, 0.29) is 5.91 Å². The minimum Gasteiger partial charge on any atom is -0.324 e. The fourth-order valence-corrected chi connectivity index (χ4v) is 4.41. The van der Waals surface area contributed by atoms with Gasteiger partial charge in [0, 0.05) is 29.7 Å². The van der Waals surface area contributed by atoms with E-state index in [4.69, 9.17) is 0 Å². The van der Waals surface area contributed by atoms with Gasteiger partial charge in [0.2, 0.25) is 5.91 Å². The van der Waals surface area contributed by atoms with Crippen LogP contribution in [0.25, 0.3) is 0 Å². The molecule has 1 atom stereocenters. The van der Waals surface area contributed by atoms with Crippen LogP contribution in [0.3, 0.4) is 0 Å². The monoisotopic (exact) mass is 265 g/mol. The first-order valence-electron chi connectivity index (χ1n) is 5.22. The van der Waals surface area contributed by atoms with Crippen LogP contribution < -0.4 is 0 Å². The van der Waals surface area contributed by atoms with E-state index in [0.717, 1.165) is 5.75 Å². The molecule has 0 aromatic carbocycles. The summed E-state index contributed by atoms with van der Waals surface area (Å²) in [7, 11) is -3.20. The van der Waals surface area contributed by atoms with Gasteiger partial charge in [-0.1, -0.05) is 20.8 Å². The zero-order chi connectivity index (χ0) is 12.6. The third kappa shape index (κ3) is 3.13. The van der Waals surface area contributed by atoms with Crippen LogP contribution in [0.15, 0.2) is 0 Å². The molecule has 1 saturated heterocycles. The van der Waals surface area contributed by atoms with Crippen LogP contribution in [-0.4, -0.2) is 48.9 Å². The number of amides is 1. The van der Waals surface area contributed by atoms with Crippen molar-refractivity contribution in [2.75, 3.05) is 24.3 Å². The van der Waals surface area contributed by atoms with Crippen LogP contribution in [0.1, 0.15) is 20.8 Å². The first kappa shape index (κ1) is 13.8. The van der Waals surface area contributed by atoms with Gasteiger partial charge in [0.05, 0.1) is 0 Å². The zero-order valence-corrected chi connectivity index (χ0v) is 11.8. The third-order valence-corrected chi connectivity index (χ3v) is 5.12. The summed E-state index contributed by atoms with van der Waals surface area (Å²) in [6.45, 7) is 5.97. The average Bonchev–Trinajstić information content (AvgIpc) is 2.14. The van der Waals surface area contributed by atoms with E-state index in [0.29, 0.717) is 12.3 Å². The van der Waals surface area contributed by atoms with Crippen LogP contribution in [0.2, 0.25) is 0 Å². The van der Waals surface area contributed by atoms with Gasteiger partial charge in [0.15, 0.2) is 9.84 Å². The van der Waals surface area contributed by atoms with E-state index >= 15 is 0 Å². The second-order valence-electron chi connectivity index (χ2n) is 5.11. The average molecular weight is 265 g/mol. The van der Waals surface area contributed by atoms with E-state index in [2.05, 4.69) is 0 Å². The Hall–Kier alpha value is -0.230. The summed E-state index contributed by atoms with van der Waals surface area (Å²) in [6.07, 6.45) is 1.20. The van der Waals surface area contributed by atoms with Crippen LogP contribution in [0.5, 0.6) is 0 Å². The number of carbonyl (C=O) groups excluding carboxylic acids is 1. The number of carbonyl (C=O) groups is 1. The summed E-state index contributed by atoms with van der Waals surface area (Å²) in [5.41, 5.74) is -0.523. The van der Waals surface area contributed by atoms with Gasteiger partial charge >= 0.3 is 0 Å². The van der Waals surface area contributed by atoms with Gasteiger partial charge in [-0.2, -0.15) is 11.8 Å². The highest BCUT2D eigenvalue weighted by atomic mass is 32.2. The van der Waals surface area contributed by atoms with Gasteiger partial charge in [-0.15, -0.1) is 0 Å². The number of sulfone groups is 1. The molecular formula is C10H19NO3S2. The van der Waals surface area contributed by atoms with Crippen molar-refractivity contribution in [3.05, 3.63) is 0 Å². The van der Waals surface area contributed by atoms with Gasteiger partial charge in [0.1, 0.15) is 5.37 Å². The van der Waals surface area contributed by atoms with Crippen LogP contribution in [0.4, 0.5) is 0 Å². The van der Waals surface area contributed by atoms with E-state index in [1.807, 2.05) is 20.8 Å². The van der Waals surface area contributed by atoms with Crippen molar-refractivity contribution in [1.29, 1.82) is 0 Å². The van der Waals surface area contributed by atoms with Crippen molar-refractivity contribution in [3.63, 3.8) is 0 Å². The molecule has 1 unspecified atom stereocenters. The van der Waals surface area contributed by atoms with Gasteiger partial charge in [-0.25, -0.2) is 8.42 Å². The number of hydrogen-bond donors (Lipinski definition) is 0. The molecule has 1 fully saturated rings. The van der Waals surface area contributed by atoms with Crippen molar-refractivity contribution in [1.82, 2.24) is 4.90 Å². The van der Waals surface area contributed by atoms with E-state index in [9.17, 15) is 13.2 Å². The number of hydrogen-bond acceptors (Lipinski definition) is 4. The molecular weight excluding hydrogens is 246 g/mol.